The van der Waals surface area contributed by atoms with Crippen LogP contribution in [0.1, 0.15) is 0 Å². The van der Waals surface area contributed by atoms with Gasteiger partial charge in [-0.3, -0.25) is 0 Å². The molecule has 0 amide bonds. The van der Waals surface area contributed by atoms with Gasteiger partial charge >= 0.3 is 0 Å². The van der Waals surface area contributed by atoms with Gasteiger partial charge in [0.25, 0.3) is 0 Å². The monoisotopic (exact) mass is 276 g/mol. The summed E-state index contributed by atoms with van der Waals surface area (Å²) < 4.78 is 6.04. The molecule has 3 nitrogen and oxygen atoms in total. The van der Waals surface area contributed by atoms with Crippen molar-refractivity contribution in [2.75, 3.05) is 24.3 Å². The number of nitrogens with zero attached hydrogens (tertiary/aromatic N) is 1. The molecule has 1 heterocycles. The summed E-state index contributed by atoms with van der Waals surface area (Å²) in [7, 11) is 4.12. The number of nitrogens with one attached hydrogen (secondary N) is 1. The molecule has 0 radical (unpaired) electrons. The minimum Gasteiger partial charge on any atom is -0.453 e. The topological polar surface area (TPSA) is 24.5 Å². The fourth-order valence-corrected chi connectivity index (χ4v) is 2.83. The van der Waals surface area contributed by atoms with Gasteiger partial charge in [-0.2, -0.15) is 0 Å². The van der Waals surface area contributed by atoms with Crippen LogP contribution in [0.15, 0.2) is 54.6 Å². The Kier molecular flexibility index (Phi) is 2.54. The highest BCUT2D eigenvalue weighted by Gasteiger charge is 2.20. The molecule has 1 aliphatic rings. The molecule has 3 aromatic carbocycles. The lowest BCUT2D eigenvalue weighted by molar-refractivity contribution is 0.482. The van der Waals surface area contributed by atoms with Gasteiger partial charge in [0.1, 0.15) is 0 Å². The number of benzene rings is 3. The van der Waals surface area contributed by atoms with E-state index in [-0.39, 0.29) is 0 Å². The molecular formula is C18H16N2O. The van der Waals surface area contributed by atoms with Crippen molar-refractivity contribution in [3.63, 3.8) is 0 Å². The van der Waals surface area contributed by atoms with E-state index in [2.05, 4.69) is 48.6 Å². The third kappa shape index (κ3) is 1.82. The van der Waals surface area contributed by atoms with Crippen molar-refractivity contribution < 1.29 is 4.74 Å². The summed E-state index contributed by atoms with van der Waals surface area (Å²) in [6.45, 7) is 0. The van der Waals surface area contributed by atoms with Crippen molar-refractivity contribution >= 4 is 27.8 Å². The molecule has 1 N–H and O–H groups in total. The standard InChI is InChI=1S/C18H16N2O/c1-20(2)14-8-5-6-12-10-11-16-18(17(12)14)19-13-7-3-4-9-15(13)21-16/h3-11,19H,1-2H3. The fraction of sp³-hybridized carbons (Fsp3) is 0.111. The Morgan fingerprint density at radius 3 is 2.57 bits per heavy atom. The average Bonchev–Trinajstić information content (AvgIpc) is 2.52. The smallest absolute Gasteiger partial charge is 0.151 e. The SMILES string of the molecule is CN(C)c1cccc2ccc3c(c12)Nc1ccccc1O3. The molecule has 0 bridgehead atoms. The van der Waals surface area contributed by atoms with Crippen molar-refractivity contribution in [1.82, 2.24) is 0 Å². The molecule has 3 heteroatoms. The van der Waals surface area contributed by atoms with Crippen LogP contribution in [0.5, 0.6) is 11.5 Å². The van der Waals surface area contributed by atoms with Crippen LogP contribution in [0, 0.1) is 0 Å². The Hall–Kier alpha value is -2.68. The van der Waals surface area contributed by atoms with E-state index in [0.717, 1.165) is 22.9 Å². The van der Waals surface area contributed by atoms with Crippen LogP contribution in [-0.4, -0.2) is 14.1 Å². The molecule has 0 unspecified atom stereocenters. The Labute approximate surface area is 123 Å². The first-order valence-corrected chi connectivity index (χ1v) is 7.01. The lowest BCUT2D eigenvalue weighted by atomic mass is 10.0. The van der Waals surface area contributed by atoms with E-state index in [1.807, 2.05) is 30.3 Å². The van der Waals surface area contributed by atoms with E-state index in [4.69, 9.17) is 4.74 Å². The zero-order valence-corrected chi connectivity index (χ0v) is 12.1. The van der Waals surface area contributed by atoms with E-state index in [9.17, 15) is 0 Å². The van der Waals surface area contributed by atoms with E-state index in [0.29, 0.717) is 0 Å². The van der Waals surface area contributed by atoms with Gasteiger partial charge < -0.3 is 15.0 Å². The Morgan fingerprint density at radius 2 is 1.71 bits per heavy atom. The Balaban J connectivity index is 2.00. The number of hydrogen-bond acceptors (Lipinski definition) is 3. The first-order valence-electron chi connectivity index (χ1n) is 7.01. The summed E-state index contributed by atoms with van der Waals surface area (Å²) in [5.74, 6) is 1.74. The first kappa shape index (κ1) is 12.1. The third-order valence-electron chi connectivity index (χ3n) is 3.83. The number of fused-ring (bicyclic) bond motifs is 4. The van der Waals surface area contributed by atoms with Crippen LogP contribution in [0.3, 0.4) is 0 Å². The number of ether oxygens (including phenoxy) is 1. The van der Waals surface area contributed by atoms with E-state index in [1.165, 1.54) is 16.5 Å². The van der Waals surface area contributed by atoms with Crippen LogP contribution in [0.4, 0.5) is 17.1 Å². The molecule has 1 aliphatic heterocycles. The highest BCUT2D eigenvalue weighted by Crippen LogP contribution is 2.47. The van der Waals surface area contributed by atoms with Crippen LogP contribution in [0.25, 0.3) is 10.8 Å². The minimum atomic E-state index is 0.867. The number of anilines is 3. The lowest BCUT2D eigenvalue weighted by Crippen LogP contribution is -2.10. The highest BCUT2D eigenvalue weighted by atomic mass is 16.5. The molecule has 0 saturated heterocycles. The Bertz CT molecular complexity index is 840. The quantitative estimate of drug-likeness (QED) is 0.542. The summed E-state index contributed by atoms with van der Waals surface area (Å²) in [6, 6.07) is 18.5. The normalized spacial score (nSPS) is 12.1. The van der Waals surface area contributed by atoms with Gasteiger partial charge in [0.05, 0.1) is 11.4 Å². The van der Waals surface area contributed by atoms with Crippen LogP contribution >= 0.6 is 0 Å². The number of hydrogen-bond donors (Lipinski definition) is 1. The van der Waals surface area contributed by atoms with E-state index in [1.54, 1.807) is 0 Å². The van der Waals surface area contributed by atoms with Crippen LogP contribution in [-0.2, 0) is 0 Å². The zero-order chi connectivity index (χ0) is 14.4. The minimum absolute atomic E-state index is 0.867. The van der Waals surface area contributed by atoms with E-state index >= 15 is 0 Å². The lowest BCUT2D eigenvalue weighted by Gasteiger charge is -2.25. The van der Waals surface area contributed by atoms with Gasteiger partial charge in [0, 0.05) is 25.2 Å². The van der Waals surface area contributed by atoms with Gasteiger partial charge in [-0.15, -0.1) is 0 Å². The molecule has 0 atom stereocenters. The fourth-order valence-electron chi connectivity index (χ4n) is 2.83. The third-order valence-corrected chi connectivity index (χ3v) is 3.83. The maximum absolute atomic E-state index is 6.04. The summed E-state index contributed by atoms with van der Waals surface area (Å²) >= 11 is 0. The predicted molar refractivity (Wildman–Crippen MR) is 88.1 cm³/mol. The van der Waals surface area contributed by atoms with Gasteiger partial charge in [-0.25, -0.2) is 0 Å². The molecular weight excluding hydrogens is 260 g/mol. The van der Waals surface area contributed by atoms with Crippen LogP contribution < -0.4 is 15.0 Å². The van der Waals surface area contributed by atoms with Gasteiger partial charge in [-0.05, 0) is 29.7 Å². The maximum atomic E-state index is 6.04. The highest BCUT2D eigenvalue weighted by molar-refractivity contribution is 6.07. The Morgan fingerprint density at radius 1 is 0.857 bits per heavy atom. The van der Waals surface area contributed by atoms with Gasteiger partial charge in [0.2, 0.25) is 0 Å². The van der Waals surface area contributed by atoms with Crippen molar-refractivity contribution in [3.8, 4) is 11.5 Å². The second kappa shape index (κ2) is 4.42. The molecule has 0 fully saturated rings. The summed E-state index contributed by atoms with van der Waals surface area (Å²) in [4.78, 5) is 2.13. The van der Waals surface area contributed by atoms with Crippen molar-refractivity contribution in [2.45, 2.75) is 0 Å². The molecule has 0 spiro atoms. The second-order valence-electron chi connectivity index (χ2n) is 5.43. The summed E-state index contributed by atoms with van der Waals surface area (Å²) in [6.07, 6.45) is 0. The summed E-state index contributed by atoms with van der Waals surface area (Å²) in [5, 5.41) is 5.92. The van der Waals surface area contributed by atoms with Crippen molar-refractivity contribution in [1.29, 1.82) is 0 Å². The first-order chi connectivity index (χ1) is 10.2. The van der Waals surface area contributed by atoms with Gasteiger partial charge in [0.15, 0.2) is 11.5 Å². The molecule has 21 heavy (non-hydrogen) atoms. The molecule has 3 aromatic rings. The molecule has 0 saturated carbocycles. The second-order valence-corrected chi connectivity index (χ2v) is 5.43. The molecule has 104 valence electrons. The summed E-state index contributed by atoms with van der Waals surface area (Å²) in [5.41, 5.74) is 3.22. The van der Waals surface area contributed by atoms with E-state index < -0.39 is 0 Å². The largest absolute Gasteiger partial charge is 0.453 e. The van der Waals surface area contributed by atoms with Crippen molar-refractivity contribution in [2.24, 2.45) is 0 Å². The number of para-hydroxylation sites is 2. The molecule has 0 aliphatic carbocycles. The zero-order valence-electron chi connectivity index (χ0n) is 12.1. The maximum Gasteiger partial charge on any atom is 0.151 e. The van der Waals surface area contributed by atoms with Gasteiger partial charge in [-0.1, -0.05) is 30.3 Å². The predicted octanol–water partition coefficient (Wildman–Crippen LogP) is 4.76. The van der Waals surface area contributed by atoms with Crippen molar-refractivity contribution in [3.05, 3.63) is 54.6 Å². The molecule has 0 aromatic heterocycles. The van der Waals surface area contributed by atoms with Crippen LogP contribution in [0.2, 0.25) is 0 Å². The average molecular weight is 276 g/mol. The number of rotatable bonds is 1. The molecule has 4 rings (SSSR count).